The molecule has 0 heterocycles. The van der Waals surface area contributed by atoms with E-state index in [0.29, 0.717) is 0 Å². The van der Waals surface area contributed by atoms with Crippen molar-refractivity contribution in [2.24, 2.45) is 0 Å². The van der Waals surface area contributed by atoms with Crippen molar-refractivity contribution >= 4 is 19.6 Å². The highest BCUT2D eigenvalue weighted by molar-refractivity contribution is 7.47. The van der Waals surface area contributed by atoms with E-state index in [4.69, 9.17) is 4.89 Å². The van der Waals surface area contributed by atoms with Crippen LogP contribution < -0.4 is 10.6 Å². The SMILES string of the molecule is C=CC(=O)NCOP(=O)(O)OCNC(=O)C=C. The lowest BCUT2D eigenvalue weighted by Gasteiger charge is -2.12. The minimum absolute atomic E-state index is 0.520. The van der Waals surface area contributed by atoms with Crippen LogP contribution in [0.2, 0.25) is 0 Å². The average Bonchev–Trinajstić information content (AvgIpc) is 2.27. The predicted molar refractivity (Wildman–Crippen MR) is 58.4 cm³/mol. The molecule has 0 aliphatic heterocycles. The van der Waals surface area contributed by atoms with Crippen molar-refractivity contribution in [1.82, 2.24) is 10.6 Å². The minimum atomic E-state index is -4.32. The first kappa shape index (κ1) is 15.5. The first-order valence-corrected chi connectivity index (χ1v) is 5.83. The molecule has 0 aliphatic rings. The second kappa shape index (κ2) is 7.75. The molecule has 0 saturated heterocycles. The summed E-state index contributed by atoms with van der Waals surface area (Å²) in [5.74, 6) is -1.13. The predicted octanol–water partition coefficient (Wildman–Crippen LogP) is -0.361. The summed E-state index contributed by atoms with van der Waals surface area (Å²) in [6.45, 7) is 5.29. The van der Waals surface area contributed by atoms with Crippen LogP contribution in [0.4, 0.5) is 0 Å². The number of carbonyl (C=O) groups is 2. The van der Waals surface area contributed by atoms with Crippen LogP contribution in [0.1, 0.15) is 0 Å². The molecule has 0 bridgehead atoms. The fraction of sp³-hybridized carbons (Fsp3) is 0.250. The van der Waals surface area contributed by atoms with Gasteiger partial charge in [-0.3, -0.25) is 18.6 Å². The zero-order valence-electron chi connectivity index (χ0n) is 8.92. The number of amides is 2. The van der Waals surface area contributed by atoms with Gasteiger partial charge in [0.05, 0.1) is 0 Å². The molecule has 0 aromatic rings. The standard InChI is InChI=1S/C8H13N2O6P/c1-3-7(11)9-5-15-17(13,14)16-6-10-8(12)4-2/h3-4H,1-2,5-6H2,(H,9,11)(H,10,12)(H,13,14). The third-order valence-corrected chi connectivity index (χ3v) is 2.23. The molecule has 8 nitrogen and oxygen atoms in total. The van der Waals surface area contributed by atoms with E-state index in [2.05, 4.69) is 32.8 Å². The van der Waals surface area contributed by atoms with Crippen LogP contribution >= 0.6 is 7.82 Å². The van der Waals surface area contributed by atoms with Gasteiger partial charge < -0.3 is 15.5 Å². The molecule has 3 N–H and O–H groups in total. The molecule has 0 aliphatic carbocycles. The Balaban J connectivity index is 3.83. The van der Waals surface area contributed by atoms with Crippen molar-refractivity contribution in [2.75, 3.05) is 13.5 Å². The summed E-state index contributed by atoms with van der Waals surface area (Å²) in [4.78, 5) is 30.3. The summed E-state index contributed by atoms with van der Waals surface area (Å²) in [7, 11) is -4.32. The summed E-state index contributed by atoms with van der Waals surface area (Å²) < 4.78 is 19.8. The zero-order valence-corrected chi connectivity index (χ0v) is 9.81. The topological polar surface area (TPSA) is 114 Å². The highest BCUT2D eigenvalue weighted by atomic mass is 31.2. The lowest BCUT2D eigenvalue weighted by molar-refractivity contribution is -0.117. The van der Waals surface area contributed by atoms with Gasteiger partial charge >= 0.3 is 7.82 Å². The maximum absolute atomic E-state index is 11.1. The van der Waals surface area contributed by atoms with Crippen molar-refractivity contribution in [3.8, 4) is 0 Å². The van der Waals surface area contributed by atoms with E-state index in [1.54, 1.807) is 0 Å². The number of hydrogen-bond donors (Lipinski definition) is 3. The Morgan fingerprint density at radius 2 is 1.47 bits per heavy atom. The molecule has 9 heteroatoms. The van der Waals surface area contributed by atoms with Crippen LogP contribution in [0, 0.1) is 0 Å². The summed E-state index contributed by atoms with van der Waals surface area (Å²) in [5.41, 5.74) is 0. The Labute approximate surface area is 97.9 Å². The summed E-state index contributed by atoms with van der Waals surface area (Å²) in [6.07, 6.45) is 1.94. The second-order valence-electron chi connectivity index (χ2n) is 2.51. The molecule has 0 aromatic carbocycles. The Morgan fingerprint density at radius 3 is 1.76 bits per heavy atom. The van der Waals surface area contributed by atoms with Gasteiger partial charge in [-0.25, -0.2) is 4.57 Å². The number of phosphoric ester groups is 1. The smallest absolute Gasteiger partial charge is 0.329 e. The zero-order chi connectivity index (χ0) is 13.3. The molecule has 0 radical (unpaired) electrons. The Hall–Kier alpha value is -1.47. The van der Waals surface area contributed by atoms with Crippen molar-refractivity contribution in [2.45, 2.75) is 0 Å². The molecular weight excluding hydrogens is 251 g/mol. The van der Waals surface area contributed by atoms with Crippen molar-refractivity contribution < 1.29 is 28.1 Å². The maximum atomic E-state index is 11.1. The van der Waals surface area contributed by atoms with Crippen LogP contribution in [-0.4, -0.2) is 30.2 Å². The van der Waals surface area contributed by atoms with Crippen LogP contribution in [0.3, 0.4) is 0 Å². The monoisotopic (exact) mass is 264 g/mol. The summed E-state index contributed by atoms with van der Waals surface area (Å²) in [6, 6.07) is 0. The van der Waals surface area contributed by atoms with Crippen LogP contribution in [-0.2, 0) is 23.2 Å². The Bertz CT molecular complexity index is 326. The molecule has 0 unspecified atom stereocenters. The van der Waals surface area contributed by atoms with E-state index in [1.165, 1.54) is 0 Å². The van der Waals surface area contributed by atoms with Crippen molar-refractivity contribution in [1.29, 1.82) is 0 Å². The number of phosphoric acid groups is 1. The molecule has 0 atom stereocenters. The lowest BCUT2D eigenvalue weighted by atomic mass is 10.6. The molecule has 0 saturated carbocycles. The first-order valence-electron chi connectivity index (χ1n) is 4.33. The molecule has 0 aromatic heterocycles. The largest absolute Gasteiger partial charge is 0.475 e. The molecule has 0 spiro atoms. The molecule has 17 heavy (non-hydrogen) atoms. The molecule has 0 fully saturated rings. The highest BCUT2D eigenvalue weighted by Crippen LogP contribution is 2.42. The van der Waals surface area contributed by atoms with Gasteiger partial charge in [-0.2, -0.15) is 0 Å². The van der Waals surface area contributed by atoms with Gasteiger partial charge in [0.15, 0.2) is 0 Å². The molecular formula is C8H13N2O6P. The average molecular weight is 264 g/mol. The van der Waals surface area contributed by atoms with Gasteiger partial charge in [-0.15, -0.1) is 0 Å². The third-order valence-electron chi connectivity index (χ3n) is 1.32. The van der Waals surface area contributed by atoms with E-state index in [9.17, 15) is 14.2 Å². The quantitative estimate of drug-likeness (QED) is 0.313. The van der Waals surface area contributed by atoms with Crippen LogP contribution in [0.5, 0.6) is 0 Å². The van der Waals surface area contributed by atoms with Crippen LogP contribution in [0.15, 0.2) is 25.3 Å². The van der Waals surface area contributed by atoms with E-state index in [0.717, 1.165) is 12.2 Å². The first-order chi connectivity index (χ1) is 7.91. The minimum Gasteiger partial charge on any atom is -0.329 e. The fourth-order valence-electron chi connectivity index (χ4n) is 0.552. The number of carbonyl (C=O) groups excluding carboxylic acids is 2. The third kappa shape index (κ3) is 8.35. The van der Waals surface area contributed by atoms with Gasteiger partial charge in [-0.1, -0.05) is 13.2 Å². The van der Waals surface area contributed by atoms with E-state index < -0.39 is 33.1 Å². The summed E-state index contributed by atoms with van der Waals surface area (Å²) >= 11 is 0. The van der Waals surface area contributed by atoms with Crippen molar-refractivity contribution in [3.63, 3.8) is 0 Å². The summed E-state index contributed by atoms with van der Waals surface area (Å²) in [5, 5.41) is 4.21. The molecule has 2 amide bonds. The highest BCUT2D eigenvalue weighted by Gasteiger charge is 2.20. The molecule has 0 rings (SSSR count). The fourth-order valence-corrected chi connectivity index (χ4v) is 1.08. The molecule has 96 valence electrons. The van der Waals surface area contributed by atoms with Crippen molar-refractivity contribution in [3.05, 3.63) is 25.3 Å². The van der Waals surface area contributed by atoms with E-state index in [1.807, 2.05) is 0 Å². The van der Waals surface area contributed by atoms with E-state index >= 15 is 0 Å². The second-order valence-corrected chi connectivity index (χ2v) is 3.96. The maximum Gasteiger partial charge on any atom is 0.475 e. The Morgan fingerprint density at radius 1 is 1.12 bits per heavy atom. The van der Waals surface area contributed by atoms with Gasteiger partial charge in [0.25, 0.3) is 0 Å². The normalized spacial score (nSPS) is 10.4. The van der Waals surface area contributed by atoms with Gasteiger partial charge in [0, 0.05) is 0 Å². The number of nitrogens with one attached hydrogen (secondary N) is 2. The van der Waals surface area contributed by atoms with Gasteiger partial charge in [0.2, 0.25) is 11.8 Å². The Kier molecular flexibility index (Phi) is 7.08. The number of hydrogen-bond acceptors (Lipinski definition) is 5. The van der Waals surface area contributed by atoms with E-state index in [-0.39, 0.29) is 0 Å². The van der Waals surface area contributed by atoms with Gasteiger partial charge in [-0.05, 0) is 12.2 Å². The lowest BCUT2D eigenvalue weighted by Crippen LogP contribution is -2.25. The number of rotatable bonds is 8. The van der Waals surface area contributed by atoms with Crippen LogP contribution in [0.25, 0.3) is 0 Å². The van der Waals surface area contributed by atoms with Gasteiger partial charge in [0.1, 0.15) is 13.5 Å².